The molecule has 0 amide bonds. The normalized spacial score (nSPS) is 24.8. The Bertz CT molecular complexity index is 182. The summed E-state index contributed by atoms with van der Waals surface area (Å²) in [5, 5.41) is 0. The highest BCUT2D eigenvalue weighted by molar-refractivity contribution is 5.10. The maximum atomic E-state index is 3.76. The summed E-state index contributed by atoms with van der Waals surface area (Å²) in [6.07, 6.45) is 10.6. The van der Waals surface area contributed by atoms with Gasteiger partial charge in [0.2, 0.25) is 0 Å². The van der Waals surface area contributed by atoms with Gasteiger partial charge >= 0.3 is 0 Å². The van der Waals surface area contributed by atoms with Crippen LogP contribution in [0.2, 0.25) is 0 Å². The zero-order valence-electron chi connectivity index (χ0n) is 8.76. The lowest BCUT2D eigenvalue weighted by Crippen LogP contribution is -2.20. The van der Waals surface area contributed by atoms with Crippen molar-refractivity contribution in [1.29, 1.82) is 0 Å². The number of rotatable bonds is 1. The van der Waals surface area contributed by atoms with E-state index in [1.54, 1.807) is 5.57 Å². The highest BCUT2D eigenvalue weighted by atomic mass is 15.1. The van der Waals surface area contributed by atoms with Crippen LogP contribution in [0.3, 0.4) is 0 Å². The Labute approximate surface area is 82.1 Å². The molecule has 0 atom stereocenters. The van der Waals surface area contributed by atoms with Crippen molar-refractivity contribution in [2.45, 2.75) is 32.1 Å². The first-order valence-electron chi connectivity index (χ1n) is 5.32. The predicted molar refractivity (Wildman–Crippen MR) is 58.9 cm³/mol. The van der Waals surface area contributed by atoms with Crippen LogP contribution >= 0.6 is 0 Å². The van der Waals surface area contributed by atoms with Crippen molar-refractivity contribution >= 4 is 0 Å². The molecule has 0 aromatic carbocycles. The average molecular weight is 179 g/mol. The molecule has 1 heteroatoms. The van der Waals surface area contributed by atoms with Gasteiger partial charge in [0.25, 0.3) is 0 Å². The Morgan fingerprint density at radius 1 is 1.15 bits per heavy atom. The monoisotopic (exact) mass is 179 g/mol. The average Bonchev–Trinajstić information content (AvgIpc) is 2.20. The fourth-order valence-electron chi connectivity index (χ4n) is 1.88. The number of hydrogen-bond donors (Lipinski definition) is 0. The van der Waals surface area contributed by atoms with Gasteiger partial charge in [-0.1, -0.05) is 24.3 Å². The van der Waals surface area contributed by atoms with Crippen LogP contribution < -0.4 is 0 Å². The van der Waals surface area contributed by atoms with Crippen molar-refractivity contribution in [3.63, 3.8) is 0 Å². The van der Waals surface area contributed by atoms with Crippen LogP contribution in [0.25, 0.3) is 0 Å². The molecule has 1 rings (SSSR count). The molecule has 0 spiro atoms. The Morgan fingerprint density at radius 3 is 2.62 bits per heavy atom. The molecule has 0 aromatic rings. The maximum absolute atomic E-state index is 3.76. The van der Waals surface area contributed by atoms with E-state index in [0.29, 0.717) is 0 Å². The van der Waals surface area contributed by atoms with Crippen molar-refractivity contribution in [3.8, 4) is 0 Å². The zero-order chi connectivity index (χ0) is 9.52. The van der Waals surface area contributed by atoms with E-state index in [4.69, 9.17) is 0 Å². The second kappa shape index (κ2) is 5.98. The second-order valence-corrected chi connectivity index (χ2v) is 3.92. The first kappa shape index (κ1) is 10.5. The minimum atomic E-state index is 1.24. The van der Waals surface area contributed by atoms with Crippen molar-refractivity contribution < 1.29 is 0 Å². The van der Waals surface area contributed by atoms with E-state index in [1.807, 2.05) is 6.08 Å². The van der Waals surface area contributed by atoms with Crippen LogP contribution in [0.5, 0.6) is 0 Å². The first-order chi connectivity index (χ1) is 6.33. The van der Waals surface area contributed by atoms with Crippen LogP contribution in [-0.4, -0.2) is 25.0 Å². The largest absolute Gasteiger partial charge is 0.306 e. The van der Waals surface area contributed by atoms with Crippen LogP contribution in [0.15, 0.2) is 24.3 Å². The summed E-state index contributed by atoms with van der Waals surface area (Å²) in [6.45, 7) is 6.27. The topological polar surface area (TPSA) is 3.24 Å². The Balaban J connectivity index is 2.43. The molecule has 1 nitrogen and oxygen atoms in total. The fraction of sp³-hybridized carbons (Fsp3) is 0.667. The SMILES string of the molecule is C=C/C=C1\CCCCN(C)CCC1. The summed E-state index contributed by atoms with van der Waals surface area (Å²) in [5.74, 6) is 0. The second-order valence-electron chi connectivity index (χ2n) is 3.92. The molecule has 0 bridgehead atoms. The van der Waals surface area contributed by atoms with E-state index in [1.165, 1.54) is 45.2 Å². The summed E-state index contributed by atoms with van der Waals surface area (Å²) < 4.78 is 0. The number of nitrogens with zero attached hydrogens (tertiary/aromatic N) is 1. The molecule has 1 heterocycles. The van der Waals surface area contributed by atoms with E-state index in [-0.39, 0.29) is 0 Å². The third-order valence-corrected chi connectivity index (χ3v) is 2.68. The van der Waals surface area contributed by atoms with E-state index in [0.717, 1.165) is 0 Å². The molecular weight excluding hydrogens is 158 g/mol. The van der Waals surface area contributed by atoms with Gasteiger partial charge in [-0.25, -0.2) is 0 Å². The molecule has 0 aromatic heterocycles. The van der Waals surface area contributed by atoms with Crippen LogP contribution in [0, 0.1) is 0 Å². The standard InChI is InChI=1S/C12H21N/c1-3-7-12-8-4-5-10-13(2)11-6-9-12/h3,7H,1,4-6,8-11H2,2H3/b12-7+. The van der Waals surface area contributed by atoms with Crippen molar-refractivity contribution in [1.82, 2.24) is 4.90 Å². The maximum Gasteiger partial charge on any atom is -0.00187 e. The molecule has 0 saturated carbocycles. The first-order valence-corrected chi connectivity index (χ1v) is 5.32. The molecule has 1 aliphatic heterocycles. The quantitative estimate of drug-likeness (QED) is 0.598. The lowest BCUT2D eigenvalue weighted by molar-refractivity contribution is 0.328. The van der Waals surface area contributed by atoms with Crippen molar-refractivity contribution in [2.75, 3.05) is 20.1 Å². The minimum absolute atomic E-state index is 1.24. The lowest BCUT2D eigenvalue weighted by atomic mass is 10.0. The highest BCUT2D eigenvalue weighted by Gasteiger charge is 2.04. The molecule has 74 valence electrons. The van der Waals surface area contributed by atoms with Crippen LogP contribution in [0.4, 0.5) is 0 Å². The molecule has 0 N–H and O–H groups in total. The van der Waals surface area contributed by atoms with Gasteiger partial charge in [-0.05, 0) is 52.2 Å². The third kappa shape index (κ3) is 4.28. The number of hydrogen-bond acceptors (Lipinski definition) is 1. The lowest BCUT2D eigenvalue weighted by Gasteiger charge is -2.13. The molecule has 1 fully saturated rings. The third-order valence-electron chi connectivity index (χ3n) is 2.68. The summed E-state index contributed by atoms with van der Waals surface area (Å²) in [7, 11) is 2.22. The van der Waals surface area contributed by atoms with Gasteiger partial charge in [-0.3, -0.25) is 0 Å². The molecule has 0 aliphatic carbocycles. The Hall–Kier alpha value is -0.560. The molecule has 13 heavy (non-hydrogen) atoms. The van der Waals surface area contributed by atoms with Crippen molar-refractivity contribution in [2.24, 2.45) is 0 Å². The summed E-state index contributed by atoms with van der Waals surface area (Å²) in [5.41, 5.74) is 1.59. The van der Waals surface area contributed by atoms with Crippen molar-refractivity contribution in [3.05, 3.63) is 24.3 Å². The minimum Gasteiger partial charge on any atom is -0.306 e. The zero-order valence-corrected chi connectivity index (χ0v) is 8.76. The van der Waals surface area contributed by atoms with E-state index in [2.05, 4.69) is 24.6 Å². The van der Waals surface area contributed by atoms with Gasteiger partial charge < -0.3 is 4.90 Å². The van der Waals surface area contributed by atoms with Gasteiger partial charge in [0.1, 0.15) is 0 Å². The molecule has 0 radical (unpaired) electrons. The van der Waals surface area contributed by atoms with Gasteiger partial charge in [-0.2, -0.15) is 0 Å². The number of allylic oxidation sites excluding steroid dienone is 3. The molecular formula is C12H21N. The summed E-state index contributed by atoms with van der Waals surface area (Å²) >= 11 is 0. The van der Waals surface area contributed by atoms with Crippen LogP contribution in [-0.2, 0) is 0 Å². The summed E-state index contributed by atoms with van der Waals surface area (Å²) in [6, 6.07) is 0. The summed E-state index contributed by atoms with van der Waals surface area (Å²) in [4.78, 5) is 2.44. The van der Waals surface area contributed by atoms with Gasteiger partial charge in [-0.15, -0.1) is 0 Å². The van der Waals surface area contributed by atoms with Gasteiger partial charge in [0.05, 0.1) is 0 Å². The Kier molecular flexibility index (Phi) is 4.84. The molecule has 0 unspecified atom stereocenters. The molecule has 1 saturated heterocycles. The highest BCUT2D eigenvalue weighted by Crippen LogP contribution is 2.16. The van der Waals surface area contributed by atoms with Gasteiger partial charge in [0, 0.05) is 0 Å². The predicted octanol–water partition coefficient (Wildman–Crippen LogP) is 2.99. The van der Waals surface area contributed by atoms with Crippen LogP contribution in [0.1, 0.15) is 32.1 Å². The smallest absolute Gasteiger partial charge is 0.00187 e. The van der Waals surface area contributed by atoms with Gasteiger partial charge in [0.15, 0.2) is 0 Å². The van der Waals surface area contributed by atoms with E-state index < -0.39 is 0 Å². The Morgan fingerprint density at radius 2 is 1.85 bits per heavy atom. The van der Waals surface area contributed by atoms with E-state index in [9.17, 15) is 0 Å². The molecule has 1 aliphatic rings. The fourth-order valence-corrected chi connectivity index (χ4v) is 1.88. The van der Waals surface area contributed by atoms with E-state index >= 15 is 0 Å².